The monoisotopic (exact) mass is 719 g/mol. The summed E-state index contributed by atoms with van der Waals surface area (Å²) in [7, 11) is 0. The Bertz CT molecular complexity index is 948. The maximum atomic E-state index is 11.5. The third-order valence-corrected chi connectivity index (χ3v) is 11.8. The summed E-state index contributed by atoms with van der Waals surface area (Å²) in [6.45, 7) is 23.1. The van der Waals surface area contributed by atoms with E-state index >= 15 is 0 Å². The minimum absolute atomic E-state index is 0. The Balaban J connectivity index is -0.000000124. The third-order valence-electron chi connectivity index (χ3n) is 11.8. The van der Waals surface area contributed by atoms with Gasteiger partial charge in [-0.3, -0.25) is 19.2 Å². The van der Waals surface area contributed by atoms with Gasteiger partial charge in [0.2, 0.25) is 0 Å². The van der Waals surface area contributed by atoms with Crippen molar-refractivity contribution in [3.05, 3.63) is 0 Å². The molecular formula is C43H90O7. The molecule has 2 saturated heterocycles. The summed E-state index contributed by atoms with van der Waals surface area (Å²) in [4.78, 5) is 43.7. The predicted molar refractivity (Wildman–Crippen MR) is 216 cm³/mol. The molecule has 4 bridgehead atoms. The smallest absolute Gasteiger partial charge is 0.317 e. The zero-order valence-corrected chi connectivity index (χ0v) is 28.1. The van der Waals surface area contributed by atoms with Gasteiger partial charge in [0.1, 0.15) is 5.60 Å². The van der Waals surface area contributed by atoms with Crippen LogP contribution in [0.1, 0.15) is 168 Å². The fourth-order valence-corrected chi connectivity index (χ4v) is 8.13. The van der Waals surface area contributed by atoms with Crippen LogP contribution in [0, 0.1) is 76.9 Å². The Morgan fingerprint density at radius 1 is 0.680 bits per heavy atom. The molecule has 304 valence electrons. The molecule has 13 unspecified atom stereocenters. The first-order valence-corrected chi connectivity index (χ1v) is 16.6. The van der Waals surface area contributed by atoms with E-state index in [-0.39, 0.29) is 101 Å². The van der Waals surface area contributed by atoms with Gasteiger partial charge in [-0.25, -0.2) is 0 Å². The summed E-state index contributed by atoms with van der Waals surface area (Å²) >= 11 is 0. The Morgan fingerprint density at radius 3 is 1.42 bits per heavy atom. The molecule has 2 aliphatic heterocycles. The van der Waals surface area contributed by atoms with Gasteiger partial charge in [-0.1, -0.05) is 115 Å². The molecule has 6 fully saturated rings. The SMILES string of the molecule is C.C.C.C.C.C.C.C.CC1C(=O)OC(=O)C1C.CC1C(C)C2CC1C1COC(=O)C21.CC1C2CCC(C2)C1C.CCC(C)C(=O)OC(C)(C)C. The standard InChI is InChI=1S/C11H16O2.C9H18O2.C9H16.C6H8O3.8CH4/c1-5-6(2)8-3-7(5)9-4-13-11(12)10(8)9;1-6-7(2)8(10)11-9(3,4)5;1-6-7(2)9-4-3-8(6)5-9;1-3-4(2)6(8)9-5(3)7;;;;;;;;/h5-10H,3-4H2,1-2H3;7H,6H2,1-5H3;6-9H,3-5H2,1-2H3;3-4H,1-2H3;8*1H4. The minimum atomic E-state index is -0.396. The molecule has 6 aliphatic rings. The van der Waals surface area contributed by atoms with E-state index in [2.05, 4.69) is 32.4 Å². The molecule has 13 atom stereocenters. The van der Waals surface area contributed by atoms with Gasteiger partial charge in [0.05, 0.1) is 30.3 Å². The Morgan fingerprint density at radius 2 is 1.10 bits per heavy atom. The fraction of sp³-hybridized carbons (Fsp3) is 0.907. The van der Waals surface area contributed by atoms with E-state index in [9.17, 15) is 19.2 Å². The molecule has 7 nitrogen and oxygen atoms in total. The van der Waals surface area contributed by atoms with Crippen LogP contribution in [-0.2, 0) is 33.4 Å². The normalized spacial score (nSPS) is 34.7. The van der Waals surface area contributed by atoms with Gasteiger partial charge in [0, 0.05) is 5.92 Å². The highest BCUT2D eigenvalue weighted by molar-refractivity contribution is 5.95. The van der Waals surface area contributed by atoms with Crippen LogP contribution in [-0.4, -0.2) is 36.1 Å². The summed E-state index contributed by atoms with van der Waals surface area (Å²) in [5.74, 6) is 6.84. The molecular weight excluding hydrogens is 628 g/mol. The molecule has 0 aromatic carbocycles. The molecule has 2 heterocycles. The van der Waals surface area contributed by atoms with E-state index in [1.165, 1.54) is 19.3 Å². The number of hydrogen-bond acceptors (Lipinski definition) is 7. The van der Waals surface area contributed by atoms with E-state index in [1.807, 2.05) is 34.6 Å². The third kappa shape index (κ3) is 13.6. The number of esters is 4. The second kappa shape index (κ2) is 24.3. The van der Waals surface area contributed by atoms with Crippen LogP contribution in [0.4, 0.5) is 0 Å². The topological polar surface area (TPSA) is 96.0 Å². The lowest BCUT2D eigenvalue weighted by molar-refractivity contribution is -0.159. The van der Waals surface area contributed by atoms with E-state index in [1.54, 1.807) is 20.3 Å². The lowest BCUT2D eigenvalue weighted by atomic mass is 9.71. The number of rotatable bonds is 2. The largest absolute Gasteiger partial charge is 0.465 e. The lowest BCUT2D eigenvalue weighted by Gasteiger charge is -2.31. The van der Waals surface area contributed by atoms with Gasteiger partial charge in [-0.15, -0.1) is 0 Å². The van der Waals surface area contributed by atoms with Gasteiger partial charge in [-0.2, -0.15) is 0 Å². The Hall–Kier alpha value is -1.92. The average molecular weight is 719 g/mol. The first-order valence-electron chi connectivity index (χ1n) is 16.6. The molecule has 0 aromatic heterocycles. The average Bonchev–Trinajstić information content (AvgIpc) is 3.76. The van der Waals surface area contributed by atoms with Gasteiger partial charge in [-0.05, 0) is 100 Å². The van der Waals surface area contributed by atoms with Crippen molar-refractivity contribution in [2.45, 2.75) is 173 Å². The number of ether oxygens (including phenoxy) is 3. The highest BCUT2D eigenvalue weighted by Gasteiger charge is 2.60. The summed E-state index contributed by atoms with van der Waals surface area (Å²) < 4.78 is 14.6. The van der Waals surface area contributed by atoms with Crippen molar-refractivity contribution in [2.75, 3.05) is 6.61 Å². The minimum Gasteiger partial charge on any atom is -0.465 e. The molecule has 0 aromatic rings. The maximum absolute atomic E-state index is 11.5. The Labute approximate surface area is 313 Å². The number of hydrogen-bond donors (Lipinski definition) is 0. The molecule has 50 heavy (non-hydrogen) atoms. The van der Waals surface area contributed by atoms with Crippen molar-refractivity contribution >= 4 is 23.9 Å². The van der Waals surface area contributed by atoms with Crippen LogP contribution in [0.5, 0.6) is 0 Å². The van der Waals surface area contributed by atoms with E-state index in [4.69, 9.17) is 9.47 Å². The second-order valence-corrected chi connectivity index (χ2v) is 15.3. The summed E-state index contributed by atoms with van der Waals surface area (Å²) in [6, 6.07) is 0. The first kappa shape index (κ1) is 60.2. The van der Waals surface area contributed by atoms with Crippen LogP contribution in [0.15, 0.2) is 0 Å². The van der Waals surface area contributed by atoms with E-state index < -0.39 is 11.9 Å². The van der Waals surface area contributed by atoms with E-state index in [0.29, 0.717) is 18.4 Å². The molecule has 4 saturated carbocycles. The lowest BCUT2D eigenvalue weighted by Crippen LogP contribution is -2.32. The van der Waals surface area contributed by atoms with E-state index in [0.717, 1.165) is 47.8 Å². The van der Waals surface area contributed by atoms with Gasteiger partial charge < -0.3 is 14.2 Å². The molecule has 0 N–H and O–H groups in total. The van der Waals surface area contributed by atoms with Gasteiger partial charge in [0.15, 0.2) is 0 Å². The molecule has 6 rings (SSSR count). The van der Waals surface area contributed by atoms with Crippen LogP contribution < -0.4 is 0 Å². The fourth-order valence-electron chi connectivity index (χ4n) is 8.13. The van der Waals surface area contributed by atoms with Crippen LogP contribution >= 0.6 is 0 Å². The van der Waals surface area contributed by atoms with Crippen LogP contribution in [0.2, 0.25) is 0 Å². The number of carbonyl (C=O) groups is 4. The van der Waals surface area contributed by atoms with Crippen LogP contribution in [0.3, 0.4) is 0 Å². The Kier molecular flexibility index (Phi) is 29.3. The summed E-state index contributed by atoms with van der Waals surface area (Å²) in [5.41, 5.74) is -0.347. The maximum Gasteiger partial charge on any atom is 0.317 e. The molecule has 7 heteroatoms. The quantitative estimate of drug-likeness (QED) is 0.159. The highest BCUT2D eigenvalue weighted by atomic mass is 16.6. The predicted octanol–water partition coefficient (Wildman–Crippen LogP) is 12.2. The first-order chi connectivity index (χ1) is 19.5. The summed E-state index contributed by atoms with van der Waals surface area (Å²) in [6.07, 6.45) is 6.76. The zero-order valence-electron chi connectivity index (χ0n) is 28.1. The number of fused-ring (bicyclic) bond motifs is 7. The molecule has 0 spiro atoms. The van der Waals surface area contributed by atoms with Gasteiger partial charge in [0.25, 0.3) is 0 Å². The van der Waals surface area contributed by atoms with Crippen molar-refractivity contribution in [1.29, 1.82) is 0 Å². The van der Waals surface area contributed by atoms with Crippen molar-refractivity contribution in [2.24, 2.45) is 76.9 Å². The highest BCUT2D eigenvalue weighted by Crippen LogP contribution is 2.60. The van der Waals surface area contributed by atoms with Crippen molar-refractivity contribution in [1.82, 2.24) is 0 Å². The summed E-state index contributed by atoms with van der Waals surface area (Å²) in [5, 5.41) is 0. The van der Waals surface area contributed by atoms with Crippen molar-refractivity contribution < 1.29 is 33.4 Å². The van der Waals surface area contributed by atoms with Crippen molar-refractivity contribution in [3.8, 4) is 0 Å². The molecule has 0 amide bonds. The number of cyclic esters (lactones) is 3. The molecule has 4 aliphatic carbocycles. The van der Waals surface area contributed by atoms with Crippen LogP contribution in [0.25, 0.3) is 0 Å². The van der Waals surface area contributed by atoms with Gasteiger partial charge >= 0.3 is 23.9 Å². The number of carbonyl (C=O) groups excluding carboxylic acids is 4. The zero-order chi connectivity index (χ0) is 31.7. The molecule has 0 radical (unpaired) electrons. The van der Waals surface area contributed by atoms with Crippen molar-refractivity contribution in [3.63, 3.8) is 0 Å². The second-order valence-electron chi connectivity index (χ2n) is 15.3.